The molecule has 1 aliphatic heterocycles. The molecule has 1 heterocycles. The molecule has 0 radical (unpaired) electrons. The first-order valence-electron chi connectivity index (χ1n) is 7.71. The van der Waals surface area contributed by atoms with Gasteiger partial charge < -0.3 is 9.84 Å². The van der Waals surface area contributed by atoms with Gasteiger partial charge in [-0.2, -0.15) is 0 Å². The van der Waals surface area contributed by atoms with Crippen LogP contribution in [0.15, 0.2) is 18.2 Å². The zero-order valence-electron chi connectivity index (χ0n) is 11.6. The van der Waals surface area contributed by atoms with Crippen molar-refractivity contribution < 1.29 is 9.84 Å². The van der Waals surface area contributed by atoms with Gasteiger partial charge in [0.25, 0.3) is 0 Å². The predicted molar refractivity (Wildman–Crippen MR) is 76.4 cm³/mol. The Labute approximate surface area is 115 Å². The Kier molecular flexibility index (Phi) is 4.19. The number of ether oxygens (including phenoxy) is 1. The number of aliphatic hydroxyl groups excluding tert-OH is 1. The second-order valence-corrected chi connectivity index (χ2v) is 6.04. The van der Waals surface area contributed by atoms with E-state index in [0.29, 0.717) is 0 Å². The van der Waals surface area contributed by atoms with Gasteiger partial charge in [0.1, 0.15) is 0 Å². The molecule has 2 nitrogen and oxygen atoms in total. The lowest BCUT2D eigenvalue weighted by Gasteiger charge is -2.24. The summed E-state index contributed by atoms with van der Waals surface area (Å²) in [5.74, 6) is 0. The van der Waals surface area contributed by atoms with Crippen molar-refractivity contribution >= 4 is 0 Å². The Balaban J connectivity index is 1.55. The maximum Gasteiger partial charge on any atom is 0.0605 e. The zero-order valence-corrected chi connectivity index (χ0v) is 11.6. The highest BCUT2D eigenvalue weighted by Gasteiger charge is 2.19. The molecular formula is C17H24O2. The van der Waals surface area contributed by atoms with Crippen LogP contribution in [0.25, 0.3) is 0 Å². The van der Waals surface area contributed by atoms with Crippen LogP contribution < -0.4 is 0 Å². The topological polar surface area (TPSA) is 29.5 Å². The van der Waals surface area contributed by atoms with Gasteiger partial charge >= 0.3 is 0 Å². The molecule has 1 fully saturated rings. The molecule has 1 N–H and O–H groups in total. The van der Waals surface area contributed by atoms with E-state index in [2.05, 4.69) is 18.2 Å². The van der Waals surface area contributed by atoms with Gasteiger partial charge in [0.15, 0.2) is 0 Å². The third-order valence-electron chi connectivity index (χ3n) is 4.44. The van der Waals surface area contributed by atoms with Gasteiger partial charge in [-0.1, -0.05) is 18.2 Å². The standard InChI is InChI=1S/C17H24O2/c18-16(12-17-6-1-2-9-19-17)11-13-7-8-14-4-3-5-15(14)10-13/h7-8,10,16-18H,1-6,9,11-12H2. The summed E-state index contributed by atoms with van der Waals surface area (Å²) in [6.07, 6.45) is 8.84. The van der Waals surface area contributed by atoms with E-state index in [1.54, 1.807) is 0 Å². The first kappa shape index (κ1) is 13.1. The second-order valence-electron chi connectivity index (χ2n) is 6.04. The predicted octanol–water partition coefficient (Wildman–Crippen LogP) is 3.04. The van der Waals surface area contributed by atoms with Crippen molar-refractivity contribution in [2.75, 3.05) is 6.61 Å². The number of fused-ring (bicyclic) bond motifs is 1. The van der Waals surface area contributed by atoms with Crippen LogP contribution in [0.4, 0.5) is 0 Å². The zero-order chi connectivity index (χ0) is 13.1. The molecule has 0 saturated carbocycles. The minimum absolute atomic E-state index is 0.262. The Morgan fingerprint density at radius 3 is 2.89 bits per heavy atom. The lowest BCUT2D eigenvalue weighted by atomic mass is 9.97. The van der Waals surface area contributed by atoms with Crippen LogP contribution in [-0.2, 0) is 24.0 Å². The van der Waals surface area contributed by atoms with E-state index in [-0.39, 0.29) is 12.2 Å². The Morgan fingerprint density at radius 1 is 1.16 bits per heavy atom. The lowest BCUT2D eigenvalue weighted by Crippen LogP contribution is -2.25. The van der Waals surface area contributed by atoms with Gasteiger partial charge in [0, 0.05) is 6.61 Å². The Morgan fingerprint density at radius 2 is 2.05 bits per heavy atom. The molecule has 104 valence electrons. The minimum atomic E-state index is -0.262. The maximum atomic E-state index is 10.2. The van der Waals surface area contributed by atoms with E-state index in [0.717, 1.165) is 25.9 Å². The van der Waals surface area contributed by atoms with Gasteiger partial charge in [0.05, 0.1) is 12.2 Å². The number of hydrogen-bond donors (Lipinski definition) is 1. The summed E-state index contributed by atoms with van der Waals surface area (Å²) in [6, 6.07) is 6.74. The molecule has 1 aliphatic carbocycles. The highest BCUT2D eigenvalue weighted by Crippen LogP contribution is 2.24. The van der Waals surface area contributed by atoms with Gasteiger partial charge in [-0.3, -0.25) is 0 Å². The molecule has 1 aromatic rings. The van der Waals surface area contributed by atoms with Crippen molar-refractivity contribution in [2.24, 2.45) is 0 Å². The molecule has 19 heavy (non-hydrogen) atoms. The van der Waals surface area contributed by atoms with Crippen LogP contribution in [0, 0.1) is 0 Å². The van der Waals surface area contributed by atoms with Crippen molar-refractivity contribution in [1.29, 1.82) is 0 Å². The number of aliphatic hydroxyl groups is 1. The van der Waals surface area contributed by atoms with Crippen molar-refractivity contribution in [3.05, 3.63) is 34.9 Å². The van der Waals surface area contributed by atoms with E-state index >= 15 is 0 Å². The molecule has 1 aromatic carbocycles. The fourth-order valence-electron chi connectivity index (χ4n) is 3.40. The van der Waals surface area contributed by atoms with Crippen LogP contribution in [0.1, 0.15) is 48.8 Å². The SMILES string of the molecule is OC(Cc1ccc2c(c1)CCC2)CC1CCCCO1. The van der Waals surface area contributed by atoms with E-state index in [1.165, 1.54) is 48.8 Å². The summed E-state index contributed by atoms with van der Waals surface area (Å²) in [5.41, 5.74) is 4.29. The fourth-order valence-corrected chi connectivity index (χ4v) is 3.40. The molecule has 0 spiro atoms. The minimum Gasteiger partial charge on any atom is -0.393 e. The smallest absolute Gasteiger partial charge is 0.0605 e. The number of hydrogen-bond acceptors (Lipinski definition) is 2. The summed E-state index contributed by atoms with van der Waals surface area (Å²) in [6.45, 7) is 0.871. The number of benzene rings is 1. The molecule has 0 bridgehead atoms. The van der Waals surface area contributed by atoms with Gasteiger partial charge in [-0.25, -0.2) is 0 Å². The van der Waals surface area contributed by atoms with Crippen LogP contribution in [0.3, 0.4) is 0 Å². The average molecular weight is 260 g/mol. The first-order valence-corrected chi connectivity index (χ1v) is 7.71. The summed E-state index contributed by atoms with van der Waals surface area (Å²) in [7, 11) is 0. The van der Waals surface area contributed by atoms with Gasteiger partial charge in [-0.05, 0) is 68.1 Å². The van der Waals surface area contributed by atoms with E-state index in [4.69, 9.17) is 4.74 Å². The van der Waals surface area contributed by atoms with E-state index in [1.807, 2.05) is 0 Å². The monoisotopic (exact) mass is 260 g/mol. The van der Waals surface area contributed by atoms with Gasteiger partial charge in [0.2, 0.25) is 0 Å². The summed E-state index contributed by atoms with van der Waals surface area (Å²) < 4.78 is 5.70. The van der Waals surface area contributed by atoms with E-state index < -0.39 is 0 Å². The number of aryl methyl sites for hydroxylation is 2. The molecule has 2 aliphatic rings. The first-order chi connectivity index (χ1) is 9.31. The molecule has 0 amide bonds. The van der Waals surface area contributed by atoms with Crippen LogP contribution in [0.5, 0.6) is 0 Å². The third kappa shape index (κ3) is 3.37. The number of rotatable bonds is 4. The molecule has 2 unspecified atom stereocenters. The summed E-state index contributed by atoms with van der Waals surface area (Å²) in [4.78, 5) is 0. The molecule has 2 atom stereocenters. The van der Waals surface area contributed by atoms with E-state index in [9.17, 15) is 5.11 Å². The van der Waals surface area contributed by atoms with Crippen LogP contribution >= 0.6 is 0 Å². The van der Waals surface area contributed by atoms with Crippen molar-refractivity contribution in [1.82, 2.24) is 0 Å². The highest BCUT2D eigenvalue weighted by molar-refractivity contribution is 5.35. The molecular weight excluding hydrogens is 236 g/mol. The van der Waals surface area contributed by atoms with Crippen LogP contribution in [-0.4, -0.2) is 23.9 Å². The second kappa shape index (κ2) is 6.06. The molecule has 0 aromatic heterocycles. The van der Waals surface area contributed by atoms with Crippen LogP contribution in [0.2, 0.25) is 0 Å². The van der Waals surface area contributed by atoms with Gasteiger partial charge in [-0.15, -0.1) is 0 Å². The molecule has 1 saturated heterocycles. The summed E-state index contributed by atoms with van der Waals surface area (Å²) in [5, 5.41) is 10.2. The average Bonchev–Trinajstić information content (AvgIpc) is 2.87. The third-order valence-corrected chi connectivity index (χ3v) is 4.44. The quantitative estimate of drug-likeness (QED) is 0.901. The molecule has 2 heteroatoms. The lowest BCUT2D eigenvalue weighted by molar-refractivity contribution is -0.0147. The van der Waals surface area contributed by atoms with Crippen molar-refractivity contribution in [3.63, 3.8) is 0 Å². The summed E-state index contributed by atoms with van der Waals surface area (Å²) >= 11 is 0. The fraction of sp³-hybridized carbons (Fsp3) is 0.647. The Hall–Kier alpha value is -0.860. The normalized spacial score (nSPS) is 24.2. The Bertz CT molecular complexity index is 421. The maximum absolute atomic E-state index is 10.2. The highest BCUT2D eigenvalue weighted by atomic mass is 16.5. The largest absolute Gasteiger partial charge is 0.393 e. The molecule has 3 rings (SSSR count). The van der Waals surface area contributed by atoms with Crippen molar-refractivity contribution in [2.45, 2.75) is 63.6 Å². The van der Waals surface area contributed by atoms with Crippen molar-refractivity contribution in [3.8, 4) is 0 Å².